The van der Waals surface area contributed by atoms with Crippen LogP contribution in [0.5, 0.6) is 5.75 Å². The summed E-state index contributed by atoms with van der Waals surface area (Å²) in [7, 11) is 1.65. The minimum Gasteiger partial charge on any atom is -0.496 e. The molecule has 2 rings (SSSR count). The number of anilines is 1. The lowest BCUT2D eigenvalue weighted by atomic mass is 9.93. The Kier molecular flexibility index (Phi) is 7.49. The first-order valence-electron chi connectivity index (χ1n) is 9.77. The van der Waals surface area contributed by atoms with Crippen molar-refractivity contribution in [2.24, 2.45) is 0 Å². The fraction of sp³-hybridized carbons (Fsp3) is 0.545. The fourth-order valence-corrected chi connectivity index (χ4v) is 3.41. The van der Waals surface area contributed by atoms with Crippen LogP contribution in [-0.2, 0) is 27.3 Å². The highest BCUT2D eigenvalue weighted by Crippen LogP contribution is 2.41. The Labute approximate surface area is 167 Å². The first kappa shape index (κ1) is 21.8. The minimum absolute atomic E-state index is 0.151. The Morgan fingerprint density at radius 2 is 2.04 bits per heavy atom. The van der Waals surface area contributed by atoms with Crippen molar-refractivity contribution in [3.8, 4) is 5.75 Å². The van der Waals surface area contributed by atoms with Crippen LogP contribution in [0.3, 0.4) is 0 Å². The molecule has 1 aromatic carbocycles. The number of allylic oxidation sites excluding steroid dienone is 2. The first-order valence-corrected chi connectivity index (χ1v) is 9.77. The Morgan fingerprint density at radius 3 is 2.64 bits per heavy atom. The Balaban J connectivity index is 2.38. The van der Waals surface area contributed by atoms with Crippen molar-refractivity contribution in [3.63, 3.8) is 0 Å². The molecule has 1 aliphatic rings. The zero-order valence-electron chi connectivity index (χ0n) is 17.7. The predicted octanol–water partition coefficient (Wildman–Crippen LogP) is 4.33. The number of benzene rings is 1. The molecule has 0 aromatic heterocycles. The van der Waals surface area contributed by atoms with Crippen LogP contribution in [0.2, 0.25) is 0 Å². The Hall–Kier alpha value is -2.50. The van der Waals surface area contributed by atoms with E-state index >= 15 is 0 Å². The molecule has 0 saturated heterocycles. The average molecular weight is 389 g/mol. The van der Waals surface area contributed by atoms with Gasteiger partial charge in [0.1, 0.15) is 12.4 Å². The molecule has 0 unspecified atom stereocenters. The van der Waals surface area contributed by atoms with Gasteiger partial charge in [-0.1, -0.05) is 11.6 Å². The number of hydrogen-bond donors (Lipinski definition) is 1. The van der Waals surface area contributed by atoms with E-state index in [4.69, 9.17) is 14.2 Å². The van der Waals surface area contributed by atoms with Gasteiger partial charge in [0.2, 0.25) is 0 Å². The van der Waals surface area contributed by atoms with Crippen LogP contribution in [-0.4, -0.2) is 31.7 Å². The molecule has 0 bridgehead atoms. The lowest BCUT2D eigenvalue weighted by Gasteiger charge is -2.22. The van der Waals surface area contributed by atoms with Gasteiger partial charge in [0.15, 0.2) is 0 Å². The largest absolute Gasteiger partial charge is 0.496 e. The van der Waals surface area contributed by atoms with Gasteiger partial charge in [0, 0.05) is 23.6 Å². The molecular formula is C22H31NO5. The summed E-state index contributed by atoms with van der Waals surface area (Å²) in [6.45, 7) is 10.5. The molecular weight excluding hydrogens is 358 g/mol. The van der Waals surface area contributed by atoms with E-state index in [1.807, 2.05) is 27.7 Å². The third-order valence-electron chi connectivity index (χ3n) is 4.79. The molecule has 1 N–H and O–H groups in total. The third kappa shape index (κ3) is 4.86. The number of carbonyl (C=O) groups is 2. The maximum absolute atomic E-state index is 12.4. The van der Waals surface area contributed by atoms with Crippen LogP contribution in [0, 0.1) is 6.92 Å². The van der Waals surface area contributed by atoms with Crippen LogP contribution < -0.4 is 10.1 Å². The molecule has 1 heterocycles. The van der Waals surface area contributed by atoms with E-state index in [-0.39, 0.29) is 24.6 Å². The van der Waals surface area contributed by atoms with Gasteiger partial charge in [0.25, 0.3) is 0 Å². The van der Waals surface area contributed by atoms with Crippen LogP contribution in [0.25, 0.3) is 0 Å². The van der Waals surface area contributed by atoms with Crippen molar-refractivity contribution < 1.29 is 23.8 Å². The summed E-state index contributed by atoms with van der Waals surface area (Å²) < 4.78 is 16.0. The molecule has 0 amide bonds. The van der Waals surface area contributed by atoms with Crippen molar-refractivity contribution in [2.45, 2.75) is 66.5 Å². The van der Waals surface area contributed by atoms with Crippen molar-refractivity contribution >= 4 is 17.6 Å². The second-order valence-corrected chi connectivity index (χ2v) is 7.30. The zero-order valence-corrected chi connectivity index (χ0v) is 17.7. The molecule has 28 heavy (non-hydrogen) atoms. The van der Waals surface area contributed by atoms with E-state index in [1.54, 1.807) is 14.0 Å². The van der Waals surface area contributed by atoms with Crippen molar-refractivity contribution in [2.75, 3.05) is 19.0 Å². The second kappa shape index (κ2) is 9.62. The quantitative estimate of drug-likeness (QED) is 0.501. The fourth-order valence-electron chi connectivity index (χ4n) is 3.41. The summed E-state index contributed by atoms with van der Waals surface area (Å²) >= 11 is 0. The van der Waals surface area contributed by atoms with Gasteiger partial charge >= 0.3 is 11.9 Å². The summed E-state index contributed by atoms with van der Waals surface area (Å²) in [6.07, 6.45) is 3.67. The zero-order chi connectivity index (χ0) is 20.8. The molecule has 0 saturated carbocycles. The number of carbonyl (C=O) groups excluding carboxylic acids is 2. The highest BCUT2D eigenvalue weighted by atomic mass is 16.5. The lowest BCUT2D eigenvalue weighted by molar-refractivity contribution is -0.143. The minimum atomic E-state index is -0.298. The SMILES string of the molecule is CCOC(=O)CC/C(C)=C/Cc1c(NC(C)C)c2c(c(C)c1OC)COC2=O. The van der Waals surface area contributed by atoms with Gasteiger partial charge in [0.05, 0.1) is 25.0 Å². The van der Waals surface area contributed by atoms with E-state index < -0.39 is 0 Å². The molecule has 1 aliphatic heterocycles. The van der Waals surface area contributed by atoms with E-state index in [9.17, 15) is 9.59 Å². The van der Waals surface area contributed by atoms with Crippen molar-refractivity contribution in [1.82, 2.24) is 0 Å². The standard InChI is InChI=1S/C22H31NO5/c1-7-27-18(24)11-9-14(4)8-10-16-20(23-13(2)3)19-17(12-28-22(19)25)15(5)21(16)26-6/h8,13,23H,7,9-12H2,1-6H3/b14-8+. The van der Waals surface area contributed by atoms with Crippen LogP contribution in [0.1, 0.15) is 67.6 Å². The summed E-state index contributed by atoms with van der Waals surface area (Å²) in [4.78, 5) is 24.0. The normalized spacial score (nSPS) is 13.4. The molecule has 6 nitrogen and oxygen atoms in total. The molecule has 6 heteroatoms. The molecule has 154 valence electrons. The summed E-state index contributed by atoms with van der Waals surface area (Å²) in [5.41, 5.74) is 5.24. The molecule has 0 fully saturated rings. The van der Waals surface area contributed by atoms with Gasteiger partial charge in [-0.05, 0) is 53.0 Å². The number of esters is 2. The van der Waals surface area contributed by atoms with Gasteiger partial charge in [-0.15, -0.1) is 0 Å². The Morgan fingerprint density at radius 1 is 1.32 bits per heavy atom. The second-order valence-electron chi connectivity index (χ2n) is 7.30. The van der Waals surface area contributed by atoms with Crippen LogP contribution in [0.4, 0.5) is 5.69 Å². The van der Waals surface area contributed by atoms with E-state index in [0.717, 1.165) is 33.7 Å². The van der Waals surface area contributed by atoms with E-state index in [0.29, 0.717) is 31.4 Å². The van der Waals surface area contributed by atoms with E-state index in [2.05, 4.69) is 11.4 Å². The molecule has 1 aromatic rings. The molecule has 0 aliphatic carbocycles. The van der Waals surface area contributed by atoms with Gasteiger partial charge in [-0.2, -0.15) is 0 Å². The number of hydrogen-bond acceptors (Lipinski definition) is 6. The highest BCUT2D eigenvalue weighted by molar-refractivity contribution is 6.01. The summed E-state index contributed by atoms with van der Waals surface area (Å²) in [6, 6.07) is 0.151. The lowest BCUT2D eigenvalue weighted by Crippen LogP contribution is -2.16. The Bertz CT molecular complexity index is 780. The van der Waals surface area contributed by atoms with Gasteiger partial charge in [-0.3, -0.25) is 4.79 Å². The van der Waals surface area contributed by atoms with E-state index in [1.165, 1.54) is 0 Å². The number of cyclic esters (lactones) is 1. The maximum atomic E-state index is 12.4. The third-order valence-corrected chi connectivity index (χ3v) is 4.79. The van der Waals surface area contributed by atoms with Crippen molar-refractivity contribution in [1.29, 1.82) is 0 Å². The number of methoxy groups -OCH3 is 1. The topological polar surface area (TPSA) is 73.9 Å². The maximum Gasteiger partial charge on any atom is 0.341 e. The van der Waals surface area contributed by atoms with Crippen LogP contribution in [0.15, 0.2) is 11.6 Å². The predicted molar refractivity (Wildman–Crippen MR) is 109 cm³/mol. The number of rotatable bonds is 9. The highest BCUT2D eigenvalue weighted by Gasteiger charge is 2.32. The first-order chi connectivity index (χ1) is 13.3. The molecule has 0 atom stereocenters. The molecule has 0 spiro atoms. The van der Waals surface area contributed by atoms with Gasteiger partial charge < -0.3 is 19.5 Å². The van der Waals surface area contributed by atoms with Gasteiger partial charge in [-0.25, -0.2) is 4.79 Å². The summed E-state index contributed by atoms with van der Waals surface area (Å²) in [5.74, 6) is 0.286. The average Bonchev–Trinajstić information content (AvgIpc) is 3.02. The monoisotopic (exact) mass is 389 g/mol. The smallest absolute Gasteiger partial charge is 0.341 e. The van der Waals surface area contributed by atoms with Crippen LogP contribution >= 0.6 is 0 Å². The number of fused-ring (bicyclic) bond motifs is 1. The molecule has 0 radical (unpaired) electrons. The van der Waals surface area contributed by atoms with Crippen molar-refractivity contribution in [3.05, 3.63) is 33.9 Å². The summed E-state index contributed by atoms with van der Waals surface area (Å²) in [5, 5.41) is 3.41. The number of nitrogens with one attached hydrogen (secondary N) is 1. The number of ether oxygens (including phenoxy) is 3.